The molecule has 0 fully saturated rings. The quantitative estimate of drug-likeness (QED) is 0.765. The van der Waals surface area contributed by atoms with E-state index >= 15 is 0 Å². The highest BCUT2D eigenvalue weighted by atomic mass is 32.1. The second-order valence-electron chi connectivity index (χ2n) is 3.94. The summed E-state index contributed by atoms with van der Waals surface area (Å²) in [6, 6.07) is 5.91. The Morgan fingerprint density at radius 1 is 1.28 bits per heavy atom. The van der Waals surface area contributed by atoms with Crippen molar-refractivity contribution in [2.24, 2.45) is 0 Å². The average molecular weight is 256 g/mol. The second kappa shape index (κ2) is 4.34. The van der Waals surface area contributed by atoms with Gasteiger partial charge in [0.05, 0.1) is 5.39 Å². The van der Waals surface area contributed by atoms with Crippen LogP contribution in [0.15, 0.2) is 29.8 Å². The van der Waals surface area contributed by atoms with Gasteiger partial charge >= 0.3 is 0 Å². The maximum atomic E-state index is 5.96. The van der Waals surface area contributed by atoms with Gasteiger partial charge in [-0.25, -0.2) is 9.97 Å². The molecule has 18 heavy (non-hydrogen) atoms. The van der Waals surface area contributed by atoms with Crippen LogP contribution < -0.4 is 5.73 Å². The third kappa shape index (κ3) is 1.73. The van der Waals surface area contributed by atoms with E-state index in [4.69, 9.17) is 5.73 Å². The molecule has 0 aliphatic carbocycles. The zero-order chi connectivity index (χ0) is 12.5. The third-order valence-corrected chi connectivity index (χ3v) is 3.65. The van der Waals surface area contributed by atoms with Crippen molar-refractivity contribution in [3.8, 4) is 11.5 Å². The molecule has 0 amide bonds. The van der Waals surface area contributed by atoms with Gasteiger partial charge in [0.1, 0.15) is 16.3 Å². The molecule has 0 spiro atoms. The highest BCUT2D eigenvalue weighted by Gasteiger charge is 2.11. The van der Waals surface area contributed by atoms with Gasteiger partial charge in [0.15, 0.2) is 5.82 Å². The van der Waals surface area contributed by atoms with Gasteiger partial charge in [-0.05, 0) is 29.5 Å². The third-order valence-electron chi connectivity index (χ3n) is 2.84. The summed E-state index contributed by atoms with van der Waals surface area (Å²) in [4.78, 5) is 14.2. The number of thiophene rings is 1. The van der Waals surface area contributed by atoms with E-state index in [2.05, 4.69) is 21.9 Å². The Balaban J connectivity index is 2.25. The van der Waals surface area contributed by atoms with Crippen LogP contribution in [0.25, 0.3) is 21.7 Å². The number of nitrogens with two attached hydrogens (primary N) is 1. The van der Waals surface area contributed by atoms with Crippen LogP contribution in [0.5, 0.6) is 0 Å². The lowest BCUT2D eigenvalue weighted by Crippen LogP contribution is -1.99. The Kier molecular flexibility index (Phi) is 2.68. The number of fused-ring (bicyclic) bond motifs is 1. The van der Waals surface area contributed by atoms with E-state index in [0.29, 0.717) is 11.6 Å². The number of nitrogens with zero attached hydrogens (tertiary/aromatic N) is 3. The lowest BCUT2D eigenvalue weighted by Gasteiger charge is -2.06. The summed E-state index contributed by atoms with van der Waals surface area (Å²) in [6.45, 7) is 2.09. The van der Waals surface area contributed by atoms with Crippen molar-refractivity contribution >= 4 is 27.4 Å². The Labute approximate surface area is 109 Å². The zero-order valence-electron chi connectivity index (χ0n) is 9.92. The normalized spacial score (nSPS) is 10.9. The summed E-state index contributed by atoms with van der Waals surface area (Å²) in [5, 5.41) is 2.89. The van der Waals surface area contributed by atoms with Crippen LogP contribution in [0.2, 0.25) is 0 Å². The predicted molar refractivity (Wildman–Crippen MR) is 74.4 cm³/mol. The maximum absolute atomic E-state index is 5.96. The number of anilines is 1. The molecule has 90 valence electrons. The Morgan fingerprint density at radius 3 is 3.00 bits per heavy atom. The molecular formula is C13H12N4S. The monoisotopic (exact) mass is 256 g/mol. The van der Waals surface area contributed by atoms with Crippen molar-refractivity contribution < 1.29 is 0 Å². The van der Waals surface area contributed by atoms with Gasteiger partial charge < -0.3 is 5.73 Å². The minimum Gasteiger partial charge on any atom is -0.383 e. The van der Waals surface area contributed by atoms with Gasteiger partial charge in [0, 0.05) is 6.20 Å². The van der Waals surface area contributed by atoms with Crippen LogP contribution >= 0.6 is 11.3 Å². The molecule has 3 rings (SSSR count). The molecule has 0 atom stereocenters. The minimum atomic E-state index is 0.518. The van der Waals surface area contributed by atoms with Gasteiger partial charge in [-0.3, -0.25) is 4.98 Å². The van der Waals surface area contributed by atoms with E-state index in [1.807, 2.05) is 23.6 Å². The molecular weight excluding hydrogens is 244 g/mol. The van der Waals surface area contributed by atoms with Crippen molar-refractivity contribution in [2.75, 3.05) is 5.73 Å². The number of aryl methyl sites for hydroxylation is 1. The molecule has 0 radical (unpaired) electrons. The summed E-state index contributed by atoms with van der Waals surface area (Å²) in [6.07, 6.45) is 2.65. The van der Waals surface area contributed by atoms with Gasteiger partial charge in [-0.15, -0.1) is 11.3 Å². The Bertz CT molecular complexity index is 705. The van der Waals surface area contributed by atoms with Crippen LogP contribution in [0.3, 0.4) is 0 Å². The largest absolute Gasteiger partial charge is 0.383 e. The number of pyridine rings is 1. The average Bonchev–Trinajstić information content (AvgIpc) is 2.87. The fourth-order valence-corrected chi connectivity index (χ4v) is 2.68. The van der Waals surface area contributed by atoms with Crippen molar-refractivity contribution in [3.63, 3.8) is 0 Å². The first-order valence-electron chi connectivity index (χ1n) is 5.74. The lowest BCUT2D eigenvalue weighted by molar-refractivity contribution is 1.08. The number of hydrogen-bond acceptors (Lipinski definition) is 5. The summed E-state index contributed by atoms with van der Waals surface area (Å²) >= 11 is 1.56. The van der Waals surface area contributed by atoms with E-state index in [-0.39, 0.29) is 0 Å². The Hall–Kier alpha value is -2.01. The van der Waals surface area contributed by atoms with Crippen molar-refractivity contribution in [1.82, 2.24) is 15.0 Å². The van der Waals surface area contributed by atoms with Crippen LogP contribution in [0.4, 0.5) is 5.82 Å². The topological polar surface area (TPSA) is 64.7 Å². The molecule has 5 heteroatoms. The molecule has 0 saturated heterocycles. The molecule has 0 aliphatic rings. The molecule has 0 bridgehead atoms. The molecule has 3 heterocycles. The minimum absolute atomic E-state index is 0.518. The lowest BCUT2D eigenvalue weighted by atomic mass is 10.1. The molecule has 0 aromatic carbocycles. The molecule has 3 aromatic heterocycles. The fraction of sp³-hybridized carbons (Fsp3) is 0.154. The van der Waals surface area contributed by atoms with Crippen LogP contribution in [-0.2, 0) is 6.42 Å². The maximum Gasteiger partial charge on any atom is 0.181 e. The molecule has 0 saturated carbocycles. The summed E-state index contributed by atoms with van der Waals surface area (Å²) in [5.74, 6) is 1.13. The number of hydrogen-bond donors (Lipinski definition) is 1. The molecule has 0 aliphatic heterocycles. The highest BCUT2D eigenvalue weighted by Crippen LogP contribution is 2.27. The first-order valence-corrected chi connectivity index (χ1v) is 6.62. The summed E-state index contributed by atoms with van der Waals surface area (Å²) in [7, 11) is 0. The van der Waals surface area contributed by atoms with Gasteiger partial charge in [-0.2, -0.15) is 0 Å². The first kappa shape index (κ1) is 11.1. The number of aromatic nitrogens is 3. The molecule has 0 unspecified atom stereocenters. The summed E-state index contributed by atoms with van der Waals surface area (Å²) < 4.78 is 0. The van der Waals surface area contributed by atoms with Gasteiger partial charge in [0.2, 0.25) is 0 Å². The van der Waals surface area contributed by atoms with E-state index in [1.54, 1.807) is 17.5 Å². The van der Waals surface area contributed by atoms with E-state index in [1.165, 1.54) is 0 Å². The summed E-state index contributed by atoms with van der Waals surface area (Å²) in [5.41, 5.74) is 7.91. The fourth-order valence-electron chi connectivity index (χ4n) is 1.91. The van der Waals surface area contributed by atoms with Crippen molar-refractivity contribution in [3.05, 3.63) is 35.3 Å². The van der Waals surface area contributed by atoms with Crippen molar-refractivity contribution in [1.29, 1.82) is 0 Å². The van der Waals surface area contributed by atoms with Gasteiger partial charge in [-0.1, -0.05) is 13.0 Å². The highest BCUT2D eigenvalue weighted by molar-refractivity contribution is 7.16. The molecule has 2 N–H and O–H groups in total. The second-order valence-corrected chi connectivity index (χ2v) is 4.83. The van der Waals surface area contributed by atoms with E-state index < -0.39 is 0 Å². The van der Waals surface area contributed by atoms with E-state index in [9.17, 15) is 0 Å². The van der Waals surface area contributed by atoms with E-state index in [0.717, 1.165) is 27.9 Å². The predicted octanol–water partition coefficient (Wildman–Crippen LogP) is 2.90. The SMILES string of the molecule is CCc1cccnc1-c1nc(N)c2ccsc2n1. The van der Waals surface area contributed by atoms with Gasteiger partial charge in [0.25, 0.3) is 0 Å². The number of rotatable bonds is 2. The van der Waals surface area contributed by atoms with Crippen molar-refractivity contribution in [2.45, 2.75) is 13.3 Å². The smallest absolute Gasteiger partial charge is 0.181 e. The molecule has 3 aromatic rings. The number of nitrogen functional groups attached to an aromatic ring is 1. The zero-order valence-corrected chi connectivity index (χ0v) is 10.7. The van der Waals surface area contributed by atoms with Crippen LogP contribution in [0.1, 0.15) is 12.5 Å². The first-order chi connectivity index (χ1) is 8.79. The molecule has 4 nitrogen and oxygen atoms in total. The standard InChI is InChI=1S/C13H12N4S/c1-2-8-4-3-6-15-10(8)12-16-11(14)9-5-7-18-13(9)17-12/h3-7H,2H2,1H3,(H2,14,16,17). The Morgan fingerprint density at radius 2 is 2.17 bits per heavy atom. The van der Waals surface area contributed by atoms with Crippen LogP contribution in [0, 0.1) is 0 Å². The van der Waals surface area contributed by atoms with Crippen LogP contribution in [-0.4, -0.2) is 15.0 Å².